The number of carbonyl (C=O) groups excluding carboxylic acids is 2. The van der Waals surface area contributed by atoms with Crippen LogP contribution in [0.4, 0.5) is 0 Å². The molecule has 0 aliphatic heterocycles. The summed E-state index contributed by atoms with van der Waals surface area (Å²) in [4.78, 5) is 23.2. The van der Waals surface area contributed by atoms with E-state index < -0.39 is 0 Å². The fraction of sp³-hybridized carbons (Fsp3) is 0. The molecule has 0 spiro atoms. The van der Waals surface area contributed by atoms with E-state index in [9.17, 15) is 9.59 Å². The summed E-state index contributed by atoms with van der Waals surface area (Å²) in [6.07, 6.45) is 1.60. The molecule has 0 bridgehead atoms. The van der Waals surface area contributed by atoms with E-state index in [-0.39, 0.29) is 0 Å². The van der Waals surface area contributed by atoms with E-state index >= 15 is 0 Å². The van der Waals surface area contributed by atoms with Crippen molar-refractivity contribution in [2.45, 2.75) is 0 Å². The minimum absolute atomic E-state index is 0.508. The van der Waals surface area contributed by atoms with Crippen LogP contribution in [0.2, 0.25) is 0 Å². The van der Waals surface area contributed by atoms with Gasteiger partial charge in [-0.25, -0.2) is 0 Å². The fourth-order valence-electron chi connectivity index (χ4n) is 4.12. The van der Waals surface area contributed by atoms with Gasteiger partial charge >= 0.3 is 0 Å². The topological polar surface area (TPSA) is 39.1 Å². The van der Waals surface area contributed by atoms with Crippen LogP contribution < -0.4 is 0 Å². The number of fused-ring (bicyclic) bond motifs is 3. The molecule has 5 aromatic rings. The van der Waals surface area contributed by atoms with Crippen molar-refractivity contribution < 1.29 is 9.59 Å². The molecule has 3 nitrogen and oxygen atoms in total. The number of benzene rings is 4. The summed E-state index contributed by atoms with van der Waals surface area (Å²) in [5.41, 5.74) is 5.74. The highest BCUT2D eigenvalue weighted by Gasteiger charge is 2.14. The summed E-state index contributed by atoms with van der Waals surface area (Å²) in [5, 5.41) is 2.38. The Hall–Kier alpha value is -3.98. The third-order valence-corrected chi connectivity index (χ3v) is 5.36. The summed E-state index contributed by atoms with van der Waals surface area (Å²) in [5.74, 6) is 0. The van der Waals surface area contributed by atoms with E-state index in [2.05, 4.69) is 28.8 Å². The standard InChI is InChI=1S/C26H17NO2/c28-16-19-8-5-9-20(17-29)26(19)18-7-6-10-21(15-18)27-24-13-3-1-11-22(24)23-12-2-4-14-25(23)27/h1-17H. The molecule has 0 unspecified atom stereocenters. The molecule has 5 rings (SSSR count). The summed E-state index contributed by atoms with van der Waals surface area (Å²) in [6.45, 7) is 0. The molecule has 29 heavy (non-hydrogen) atoms. The predicted octanol–water partition coefficient (Wildman–Crippen LogP) is 6.08. The van der Waals surface area contributed by atoms with Gasteiger partial charge < -0.3 is 4.57 Å². The number of rotatable bonds is 4. The Bertz CT molecular complexity index is 1320. The third-order valence-electron chi connectivity index (χ3n) is 5.36. The average molecular weight is 375 g/mol. The number of aromatic nitrogens is 1. The summed E-state index contributed by atoms with van der Waals surface area (Å²) in [6, 6.07) is 29.8. The molecule has 0 saturated heterocycles. The zero-order valence-electron chi connectivity index (χ0n) is 15.6. The first-order valence-corrected chi connectivity index (χ1v) is 9.44. The maximum Gasteiger partial charge on any atom is 0.150 e. The van der Waals surface area contributed by atoms with Crippen molar-refractivity contribution >= 4 is 34.4 Å². The molecule has 138 valence electrons. The van der Waals surface area contributed by atoms with Gasteiger partial charge in [0, 0.05) is 33.2 Å². The van der Waals surface area contributed by atoms with E-state index in [1.165, 1.54) is 10.8 Å². The van der Waals surface area contributed by atoms with Crippen molar-refractivity contribution in [1.82, 2.24) is 4.57 Å². The van der Waals surface area contributed by atoms with E-state index in [0.29, 0.717) is 16.7 Å². The highest BCUT2D eigenvalue weighted by Crippen LogP contribution is 2.34. The van der Waals surface area contributed by atoms with Crippen LogP contribution in [0.5, 0.6) is 0 Å². The lowest BCUT2D eigenvalue weighted by Crippen LogP contribution is -1.97. The Balaban J connectivity index is 1.81. The zero-order chi connectivity index (χ0) is 19.8. The summed E-state index contributed by atoms with van der Waals surface area (Å²) >= 11 is 0. The minimum atomic E-state index is 0.508. The Morgan fingerprint density at radius 3 is 1.72 bits per heavy atom. The molecular formula is C26H17NO2. The van der Waals surface area contributed by atoms with Crippen LogP contribution >= 0.6 is 0 Å². The van der Waals surface area contributed by atoms with E-state index in [1.54, 1.807) is 18.2 Å². The van der Waals surface area contributed by atoms with E-state index in [0.717, 1.165) is 34.9 Å². The zero-order valence-corrected chi connectivity index (χ0v) is 15.6. The number of nitrogens with zero attached hydrogens (tertiary/aromatic N) is 1. The van der Waals surface area contributed by atoms with E-state index in [1.807, 2.05) is 48.5 Å². The predicted molar refractivity (Wildman–Crippen MR) is 117 cm³/mol. The molecule has 3 heteroatoms. The van der Waals surface area contributed by atoms with Gasteiger partial charge in [0.1, 0.15) is 0 Å². The second-order valence-electron chi connectivity index (χ2n) is 6.97. The molecule has 0 fully saturated rings. The third kappa shape index (κ3) is 2.67. The highest BCUT2D eigenvalue weighted by atomic mass is 16.1. The lowest BCUT2D eigenvalue weighted by molar-refractivity contribution is 0.112. The molecule has 1 aromatic heterocycles. The van der Waals surface area contributed by atoms with Gasteiger partial charge in [0.05, 0.1) is 11.0 Å². The normalized spacial score (nSPS) is 11.0. The van der Waals surface area contributed by atoms with Gasteiger partial charge in [-0.1, -0.05) is 66.7 Å². The molecule has 0 atom stereocenters. The molecule has 0 aliphatic carbocycles. The molecular weight excluding hydrogens is 358 g/mol. The van der Waals surface area contributed by atoms with Gasteiger partial charge in [-0.15, -0.1) is 0 Å². The monoisotopic (exact) mass is 375 g/mol. The van der Waals surface area contributed by atoms with Gasteiger partial charge in [-0.05, 0) is 29.8 Å². The Kier molecular flexibility index (Phi) is 4.07. The van der Waals surface area contributed by atoms with Crippen LogP contribution in [0.25, 0.3) is 38.6 Å². The first kappa shape index (κ1) is 17.1. The number of aldehydes is 2. The van der Waals surface area contributed by atoms with Crippen molar-refractivity contribution in [2.24, 2.45) is 0 Å². The van der Waals surface area contributed by atoms with Crippen molar-refractivity contribution in [3.8, 4) is 16.8 Å². The quantitative estimate of drug-likeness (QED) is 0.357. The van der Waals surface area contributed by atoms with Crippen LogP contribution in [-0.2, 0) is 0 Å². The largest absolute Gasteiger partial charge is 0.309 e. The lowest BCUT2D eigenvalue weighted by Gasteiger charge is -2.12. The number of hydrogen-bond donors (Lipinski definition) is 0. The van der Waals surface area contributed by atoms with Crippen LogP contribution in [0.3, 0.4) is 0 Å². The van der Waals surface area contributed by atoms with E-state index in [4.69, 9.17) is 0 Å². The molecule has 0 saturated carbocycles. The van der Waals surface area contributed by atoms with Crippen molar-refractivity contribution in [2.75, 3.05) is 0 Å². The lowest BCUT2D eigenvalue weighted by atomic mass is 9.95. The maximum atomic E-state index is 11.6. The second kappa shape index (κ2) is 6.88. The Morgan fingerprint density at radius 1 is 0.586 bits per heavy atom. The maximum absolute atomic E-state index is 11.6. The van der Waals surface area contributed by atoms with Crippen LogP contribution in [0.1, 0.15) is 20.7 Å². The smallest absolute Gasteiger partial charge is 0.150 e. The number of para-hydroxylation sites is 2. The summed E-state index contributed by atoms with van der Waals surface area (Å²) in [7, 11) is 0. The molecule has 0 radical (unpaired) electrons. The van der Waals surface area contributed by atoms with Gasteiger partial charge in [0.25, 0.3) is 0 Å². The minimum Gasteiger partial charge on any atom is -0.309 e. The molecule has 4 aromatic carbocycles. The van der Waals surface area contributed by atoms with Crippen LogP contribution in [0.15, 0.2) is 91.0 Å². The number of carbonyl (C=O) groups is 2. The average Bonchev–Trinajstić information content (AvgIpc) is 3.13. The molecule has 0 aliphatic rings. The van der Waals surface area contributed by atoms with Crippen molar-refractivity contribution in [3.05, 3.63) is 102 Å². The van der Waals surface area contributed by atoms with Gasteiger partial charge in [-0.2, -0.15) is 0 Å². The van der Waals surface area contributed by atoms with Crippen LogP contribution in [-0.4, -0.2) is 17.1 Å². The van der Waals surface area contributed by atoms with Gasteiger partial charge in [0.15, 0.2) is 12.6 Å². The Labute approximate surface area is 167 Å². The van der Waals surface area contributed by atoms with Crippen molar-refractivity contribution in [1.29, 1.82) is 0 Å². The van der Waals surface area contributed by atoms with Crippen LogP contribution in [0, 0.1) is 0 Å². The second-order valence-corrected chi connectivity index (χ2v) is 6.97. The fourth-order valence-corrected chi connectivity index (χ4v) is 4.12. The highest BCUT2D eigenvalue weighted by molar-refractivity contribution is 6.09. The summed E-state index contributed by atoms with van der Waals surface area (Å²) < 4.78 is 2.22. The van der Waals surface area contributed by atoms with Crippen molar-refractivity contribution in [3.63, 3.8) is 0 Å². The molecule has 0 N–H and O–H groups in total. The van der Waals surface area contributed by atoms with Gasteiger partial charge in [-0.3, -0.25) is 9.59 Å². The molecule has 0 amide bonds. The Morgan fingerprint density at radius 2 is 1.14 bits per heavy atom. The SMILES string of the molecule is O=Cc1cccc(C=O)c1-c1cccc(-n2c3ccccc3c3ccccc32)c1. The first-order chi connectivity index (χ1) is 14.3. The first-order valence-electron chi connectivity index (χ1n) is 9.44. The molecule has 1 heterocycles. The van der Waals surface area contributed by atoms with Gasteiger partial charge in [0.2, 0.25) is 0 Å². The number of hydrogen-bond acceptors (Lipinski definition) is 2.